The third-order valence-electron chi connectivity index (χ3n) is 3.83. The zero-order chi connectivity index (χ0) is 16.1. The van der Waals surface area contributed by atoms with Gasteiger partial charge in [-0.25, -0.2) is 0 Å². The summed E-state index contributed by atoms with van der Waals surface area (Å²) in [6.07, 6.45) is 2.51. The lowest BCUT2D eigenvalue weighted by Gasteiger charge is -2.13. The van der Waals surface area contributed by atoms with Gasteiger partial charge >= 0.3 is 0 Å². The molecule has 1 saturated heterocycles. The van der Waals surface area contributed by atoms with E-state index in [9.17, 15) is 9.59 Å². The molecule has 0 radical (unpaired) electrons. The van der Waals surface area contributed by atoms with E-state index in [-0.39, 0.29) is 11.8 Å². The second-order valence-corrected chi connectivity index (χ2v) is 6.25. The number of nitrogens with one attached hydrogen (secondary N) is 2. The van der Waals surface area contributed by atoms with Crippen LogP contribution in [0.25, 0.3) is 0 Å². The fourth-order valence-electron chi connectivity index (χ4n) is 2.53. The first kappa shape index (κ1) is 16.8. The molecule has 2 rings (SSSR count). The predicted molar refractivity (Wildman–Crippen MR) is 88.3 cm³/mol. The molecule has 1 aliphatic heterocycles. The van der Waals surface area contributed by atoms with E-state index in [4.69, 9.17) is 11.6 Å². The van der Waals surface area contributed by atoms with Gasteiger partial charge in [-0.3, -0.25) is 9.59 Å². The number of nitrogens with zero attached hydrogens (tertiary/aromatic N) is 1. The zero-order valence-electron chi connectivity index (χ0n) is 13.0. The van der Waals surface area contributed by atoms with Crippen molar-refractivity contribution in [1.82, 2.24) is 10.2 Å². The molecule has 2 N–H and O–H groups in total. The molecule has 5 nitrogen and oxygen atoms in total. The van der Waals surface area contributed by atoms with E-state index < -0.39 is 0 Å². The second-order valence-electron chi connectivity index (χ2n) is 5.84. The molecule has 1 aromatic rings. The number of anilines is 1. The highest BCUT2D eigenvalue weighted by Crippen LogP contribution is 2.22. The molecule has 22 heavy (non-hydrogen) atoms. The van der Waals surface area contributed by atoms with Crippen molar-refractivity contribution < 1.29 is 9.59 Å². The summed E-state index contributed by atoms with van der Waals surface area (Å²) in [5, 5.41) is 6.52. The van der Waals surface area contributed by atoms with Crippen LogP contribution < -0.4 is 10.6 Å². The summed E-state index contributed by atoms with van der Waals surface area (Å²) in [4.78, 5) is 25.5. The van der Waals surface area contributed by atoms with Crippen LogP contribution in [0.4, 0.5) is 5.69 Å². The van der Waals surface area contributed by atoms with Crippen molar-refractivity contribution in [3.63, 3.8) is 0 Å². The van der Waals surface area contributed by atoms with E-state index in [1.807, 2.05) is 0 Å². The highest BCUT2D eigenvalue weighted by atomic mass is 35.5. The minimum Gasteiger partial charge on any atom is -0.345 e. The Hall–Kier alpha value is -1.59. The molecule has 1 heterocycles. The molecule has 0 bridgehead atoms. The summed E-state index contributed by atoms with van der Waals surface area (Å²) in [6, 6.07) is 4.97. The molecule has 6 heteroatoms. The van der Waals surface area contributed by atoms with Crippen molar-refractivity contribution in [3.8, 4) is 0 Å². The summed E-state index contributed by atoms with van der Waals surface area (Å²) in [5.41, 5.74) is 0.994. The standard InChI is InChI=1S/C16H22ClN3O2/c1-20(2)16(22)13-9-12(4-5-14(13)17)19-15(21)6-3-11-7-8-18-10-11/h4-5,9,11,18H,3,6-8,10H2,1-2H3,(H,19,21). The molecule has 1 aliphatic rings. The number of hydrogen-bond acceptors (Lipinski definition) is 3. The molecule has 120 valence electrons. The highest BCUT2D eigenvalue weighted by molar-refractivity contribution is 6.34. The molecular weight excluding hydrogens is 302 g/mol. The van der Waals surface area contributed by atoms with Gasteiger partial charge in [-0.1, -0.05) is 11.6 Å². The number of hydrogen-bond donors (Lipinski definition) is 2. The van der Waals surface area contributed by atoms with Gasteiger partial charge in [0.2, 0.25) is 5.91 Å². The summed E-state index contributed by atoms with van der Waals surface area (Å²) >= 11 is 6.05. The van der Waals surface area contributed by atoms with Crippen LogP contribution in [-0.2, 0) is 4.79 Å². The quantitative estimate of drug-likeness (QED) is 0.874. The van der Waals surface area contributed by atoms with Crippen LogP contribution in [0, 0.1) is 5.92 Å². The minimum atomic E-state index is -0.182. The summed E-state index contributed by atoms with van der Waals surface area (Å²) in [5.74, 6) is 0.373. The van der Waals surface area contributed by atoms with Gasteiger partial charge in [-0.15, -0.1) is 0 Å². The lowest BCUT2D eigenvalue weighted by molar-refractivity contribution is -0.116. The van der Waals surface area contributed by atoms with Crippen LogP contribution in [-0.4, -0.2) is 43.9 Å². The van der Waals surface area contributed by atoms with E-state index in [2.05, 4.69) is 10.6 Å². The van der Waals surface area contributed by atoms with E-state index in [0.29, 0.717) is 28.6 Å². The maximum atomic E-state index is 12.0. The number of carbonyl (C=O) groups is 2. The van der Waals surface area contributed by atoms with Crippen LogP contribution in [0.3, 0.4) is 0 Å². The number of benzene rings is 1. The van der Waals surface area contributed by atoms with Crippen molar-refractivity contribution in [1.29, 1.82) is 0 Å². The molecule has 0 spiro atoms. The first-order valence-corrected chi connectivity index (χ1v) is 7.87. The Labute approximate surface area is 136 Å². The fourth-order valence-corrected chi connectivity index (χ4v) is 2.73. The van der Waals surface area contributed by atoms with Crippen LogP contribution in [0.2, 0.25) is 5.02 Å². The average Bonchev–Trinajstić information content (AvgIpc) is 2.99. The third-order valence-corrected chi connectivity index (χ3v) is 4.16. The maximum Gasteiger partial charge on any atom is 0.254 e. The van der Waals surface area contributed by atoms with Gasteiger partial charge in [0, 0.05) is 26.2 Å². The molecular formula is C16H22ClN3O2. The number of rotatable bonds is 5. The van der Waals surface area contributed by atoms with Gasteiger partial charge in [0.15, 0.2) is 0 Å². The van der Waals surface area contributed by atoms with Crippen molar-refractivity contribution in [2.24, 2.45) is 5.92 Å². The summed E-state index contributed by atoms with van der Waals surface area (Å²) in [7, 11) is 3.33. The lowest BCUT2D eigenvalue weighted by atomic mass is 10.0. The van der Waals surface area contributed by atoms with Crippen molar-refractivity contribution >= 4 is 29.1 Å². The lowest BCUT2D eigenvalue weighted by Crippen LogP contribution is -2.22. The van der Waals surface area contributed by atoms with E-state index >= 15 is 0 Å². The Morgan fingerprint density at radius 3 is 2.82 bits per heavy atom. The van der Waals surface area contributed by atoms with Crippen molar-refractivity contribution in [3.05, 3.63) is 28.8 Å². The van der Waals surface area contributed by atoms with Crippen molar-refractivity contribution in [2.75, 3.05) is 32.5 Å². The smallest absolute Gasteiger partial charge is 0.254 e. The fraction of sp³-hybridized carbons (Fsp3) is 0.500. The SMILES string of the molecule is CN(C)C(=O)c1cc(NC(=O)CCC2CCNC2)ccc1Cl. The Balaban J connectivity index is 1.95. The van der Waals surface area contributed by atoms with Gasteiger partial charge in [-0.2, -0.15) is 0 Å². The number of carbonyl (C=O) groups excluding carboxylic acids is 2. The maximum absolute atomic E-state index is 12.0. The van der Waals surface area contributed by atoms with Crippen LogP contribution in [0.15, 0.2) is 18.2 Å². The second kappa shape index (κ2) is 7.61. The van der Waals surface area contributed by atoms with Gasteiger partial charge in [0.1, 0.15) is 0 Å². The Kier molecular flexibility index (Phi) is 5.80. The molecule has 0 saturated carbocycles. The Bertz CT molecular complexity index is 554. The molecule has 0 aromatic heterocycles. The van der Waals surface area contributed by atoms with E-state index in [1.165, 1.54) is 4.90 Å². The minimum absolute atomic E-state index is 0.0301. The van der Waals surface area contributed by atoms with Crippen LogP contribution in [0.1, 0.15) is 29.6 Å². The topological polar surface area (TPSA) is 61.4 Å². The van der Waals surface area contributed by atoms with Gasteiger partial charge in [0.05, 0.1) is 10.6 Å². The Morgan fingerprint density at radius 2 is 2.18 bits per heavy atom. The van der Waals surface area contributed by atoms with Crippen LogP contribution >= 0.6 is 11.6 Å². The Morgan fingerprint density at radius 1 is 1.41 bits per heavy atom. The molecule has 1 atom stereocenters. The molecule has 1 unspecified atom stereocenters. The van der Waals surface area contributed by atoms with Gasteiger partial charge < -0.3 is 15.5 Å². The number of halogens is 1. The average molecular weight is 324 g/mol. The first-order chi connectivity index (χ1) is 10.5. The van der Waals surface area contributed by atoms with E-state index in [1.54, 1.807) is 32.3 Å². The molecule has 1 aromatic carbocycles. The van der Waals surface area contributed by atoms with E-state index in [0.717, 1.165) is 25.9 Å². The third kappa shape index (κ3) is 4.45. The zero-order valence-corrected chi connectivity index (χ0v) is 13.7. The largest absolute Gasteiger partial charge is 0.345 e. The van der Waals surface area contributed by atoms with Gasteiger partial charge in [0.25, 0.3) is 5.91 Å². The highest BCUT2D eigenvalue weighted by Gasteiger charge is 2.17. The first-order valence-electron chi connectivity index (χ1n) is 7.49. The summed E-state index contributed by atoms with van der Waals surface area (Å²) in [6.45, 7) is 2.04. The van der Waals surface area contributed by atoms with Crippen molar-refractivity contribution in [2.45, 2.75) is 19.3 Å². The molecule has 2 amide bonds. The van der Waals surface area contributed by atoms with Crippen LogP contribution in [0.5, 0.6) is 0 Å². The monoisotopic (exact) mass is 323 g/mol. The van der Waals surface area contributed by atoms with Gasteiger partial charge in [-0.05, 0) is 50.0 Å². The normalized spacial score (nSPS) is 17.3. The summed E-state index contributed by atoms with van der Waals surface area (Å²) < 4.78 is 0. The molecule has 0 aliphatic carbocycles. The number of amides is 2. The predicted octanol–water partition coefficient (Wildman–Crippen LogP) is 2.37. The molecule has 1 fully saturated rings.